The Morgan fingerprint density at radius 2 is 0.754 bits per heavy atom. The lowest BCUT2D eigenvalue weighted by molar-refractivity contribution is 1.31. The summed E-state index contributed by atoms with van der Waals surface area (Å²) in [5.41, 5.74) is 15.7. The molecule has 3 heteroatoms. The molecule has 69 heavy (non-hydrogen) atoms. The van der Waals surface area contributed by atoms with Crippen molar-refractivity contribution in [1.82, 2.24) is 9.97 Å². The first-order valence-electron chi connectivity index (χ1n) is 23.5. The highest BCUT2D eigenvalue weighted by Crippen LogP contribution is 2.45. The zero-order valence-electron chi connectivity index (χ0n) is 37.4. The summed E-state index contributed by atoms with van der Waals surface area (Å²) in [4.78, 5) is 10.3. The van der Waals surface area contributed by atoms with E-state index < -0.39 is 0 Å². The van der Waals surface area contributed by atoms with Crippen LogP contribution in [-0.2, 0) is 0 Å². The number of nitrogens with zero attached hydrogens (tertiary/aromatic N) is 2. The van der Waals surface area contributed by atoms with Gasteiger partial charge in [0.05, 0.1) is 22.9 Å². The van der Waals surface area contributed by atoms with E-state index in [1.54, 1.807) is 0 Å². The van der Waals surface area contributed by atoms with Crippen molar-refractivity contribution in [1.29, 1.82) is 0 Å². The summed E-state index contributed by atoms with van der Waals surface area (Å²) >= 11 is 1.89. The van der Waals surface area contributed by atoms with Gasteiger partial charge >= 0.3 is 0 Å². The van der Waals surface area contributed by atoms with Crippen LogP contribution in [0.3, 0.4) is 0 Å². The Kier molecular flexibility index (Phi) is 9.11. The third-order valence-corrected chi connectivity index (χ3v) is 15.3. The van der Waals surface area contributed by atoms with Gasteiger partial charge in [0.15, 0.2) is 0 Å². The molecule has 14 rings (SSSR count). The summed E-state index contributed by atoms with van der Waals surface area (Å²) in [6, 6.07) is 86.5. The van der Waals surface area contributed by atoms with Crippen molar-refractivity contribution in [3.8, 4) is 66.9 Å². The number of fused-ring (bicyclic) bond motifs is 11. The van der Waals surface area contributed by atoms with Crippen molar-refractivity contribution < 1.29 is 0 Å². The van der Waals surface area contributed by atoms with E-state index in [4.69, 9.17) is 9.97 Å². The maximum Gasteiger partial charge on any atom is 0.0979 e. The largest absolute Gasteiger partial charge is 0.252 e. The molecule has 2 aromatic heterocycles. The van der Waals surface area contributed by atoms with E-state index in [2.05, 4.69) is 237 Å². The van der Waals surface area contributed by atoms with Gasteiger partial charge in [-0.15, -0.1) is 11.3 Å². The van der Waals surface area contributed by atoms with Gasteiger partial charge in [0.25, 0.3) is 0 Å². The highest BCUT2D eigenvalue weighted by Gasteiger charge is 2.17. The molecule has 0 bridgehead atoms. The standard InChI is InChI=1S/C66H40N2S/c1-3-13-45-34-50(29-25-41(45)11-1)52-31-32-63-60(37-52)61-39-54(51-30-26-42-12-2-4-14-46(42)35-51)38-59(66(61)69-63)44-27-23-43(24-28-44)47-15-9-16-48(33-47)49-17-10-18-53(36-49)62-40-67-64-57-21-7-5-19-55(57)56-20-6-8-22-58(56)65(64)68-62/h1-40H. The maximum absolute atomic E-state index is 5.29. The van der Waals surface area contributed by atoms with Crippen LogP contribution < -0.4 is 0 Å². The Bertz CT molecular complexity index is 4340. The van der Waals surface area contributed by atoms with Gasteiger partial charge in [-0.05, 0) is 131 Å². The molecule has 0 aliphatic heterocycles. The second-order valence-corrected chi connectivity index (χ2v) is 19.2. The Morgan fingerprint density at radius 1 is 0.275 bits per heavy atom. The van der Waals surface area contributed by atoms with E-state index in [1.807, 2.05) is 17.5 Å². The normalized spacial score (nSPS) is 11.8. The molecule has 0 saturated heterocycles. The minimum absolute atomic E-state index is 0.860. The van der Waals surface area contributed by atoms with Gasteiger partial charge in [-0.25, -0.2) is 4.98 Å². The lowest BCUT2D eigenvalue weighted by atomic mass is 9.93. The van der Waals surface area contributed by atoms with Crippen LogP contribution in [0.2, 0.25) is 0 Å². The van der Waals surface area contributed by atoms with E-state index in [-0.39, 0.29) is 0 Å². The third-order valence-electron chi connectivity index (χ3n) is 14.0. The molecule has 0 saturated carbocycles. The van der Waals surface area contributed by atoms with Crippen molar-refractivity contribution in [3.63, 3.8) is 0 Å². The lowest BCUT2D eigenvalue weighted by Gasteiger charge is -2.12. The van der Waals surface area contributed by atoms with Crippen molar-refractivity contribution in [2.75, 3.05) is 0 Å². The second-order valence-electron chi connectivity index (χ2n) is 18.1. The SMILES string of the molecule is c1cc(-c2ccc(-c3cc(-c4ccc5ccccc5c4)cc4c3sc3ccc(-c5ccc6ccccc6c5)cc34)cc2)cc(-c2cccc(-c3cnc4c5ccccc5c5ccccc5c4n3)c2)c1. The van der Waals surface area contributed by atoms with Gasteiger partial charge in [0.1, 0.15) is 0 Å². The molecule has 0 radical (unpaired) electrons. The van der Waals surface area contributed by atoms with Crippen molar-refractivity contribution in [2.24, 2.45) is 0 Å². The summed E-state index contributed by atoms with van der Waals surface area (Å²) in [7, 11) is 0. The summed E-state index contributed by atoms with van der Waals surface area (Å²) in [5, 5.41) is 12.2. The topological polar surface area (TPSA) is 25.8 Å². The number of thiophene rings is 1. The van der Waals surface area contributed by atoms with Crippen LogP contribution in [-0.4, -0.2) is 9.97 Å². The van der Waals surface area contributed by atoms with Gasteiger partial charge in [0, 0.05) is 42.1 Å². The van der Waals surface area contributed by atoms with Crippen LogP contribution in [0.4, 0.5) is 0 Å². The first-order chi connectivity index (χ1) is 34.1. The molecule has 0 aliphatic rings. The van der Waals surface area contributed by atoms with Crippen molar-refractivity contribution in [2.45, 2.75) is 0 Å². The Balaban J connectivity index is 0.835. The molecule has 2 nitrogen and oxygen atoms in total. The molecule has 12 aromatic carbocycles. The predicted octanol–water partition coefficient (Wildman–Crippen LogP) is 18.6. The van der Waals surface area contributed by atoms with E-state index in [0.29, 0.717) is 0 Å². The van der Waals surface area contributed by atoms with Gasteiger partial charge < -0.3 is 0 Å². The molecule has 0 N–H and O–H groups in total. The van der Waals surface area contributed by atoms with E-state index in [1.165, 1.54) is 97.0 Å². The van der Waals surface area contributed by atoms with Crippen LogP contribution in [0.5, 0.6) is 0 Å². The Hall–Kier alpha value is -8.76. The van der Waals surface area contributed by atoms with Gasteiger partial charge in [-0.3, -0.25) is 4.98 Å². The number of benzene rings is 12. The zero-order chi connectivity index (χ0) is 45.4. The summed E-state index contributed by atoms with van der Waals surface area (Å²) < 4.78 is 2.59. The van der Waals surface area contributed by atoms with E-state index >= 15 is 0 Å². The molecule has 0 spiro atoms. The quantitative estimate of drug-likeness (QED) is 0.155. The highest BCUT2D eigenvalue weighted by molar-refractivity contribution is 7.26. The second kappa shape index (κ2) is 16.0. The Labute approximate surface area is 403 Å². The molecule has 0 unspecified atom stereocenters. The monoisotopic (exact) mass is 892 g/mol. The zero-order valence-corrected chi connectivity index (χ0v) is 38.2. The Morgan fingerprint density at radius 3 is 1.43 bits per heavy atom. The molecule has 14 aromatic rings. The minimum atomic E-state index is 0.860. The molecule has 320 valence electrons. The molecule has 2 heterocycles. The fraction of sp³-hybridized carbons (Fsp3) is 0. The first-order valence-corrected chi connectivity index (χ1v) is 24.3. The predicted molar refractivity (Wildman–Crippen MR) is 295 cm³/mol. The van der Waals surface area contributed by atoms with Crippen LogP contribution in [0.25, 0.3) is 141 Å². The molecule has 0 amide bonds. The van der Waals surface area contributed by atoms with E-state index in [9.17, 15) is 0 Å². The number of hydrogen-bond acceptors (Lipinski definition) is 3. The smallest absolute Gasteiger partial charge is 0.0979 e. The fourth-order valence-corrected chi connectivity index (χ4v) is 11.7. The summed E-state index contributed by atoms with van der Waals surface area (Å²) in [5.74, 6) is 0. The van der Waals surface area contributed by atoms with E-state index in [0.717, 1.165) is 44.2 Å². The van der Waals surface area contributed by atoms with Gasteiger partial charge in [0.2, 0.25) is 0 Å². The average molecular weight is 893 g/mol. The number of hydrogen-bond donors (Lipinski definition) is 0. The minimum Gasteiger partial charge on any atom is -0.252 e. The molecular weight excluding hydrogens is 853 g/mol. The third kappa shape index (κ3) is 6.78. The van der Waals surface area contributed by atoms with Crippen molar-refractivity contribution in [3.05, 3.63) is 243 Å². The highest BCUT2D eigenvalue weighted by atomic mass is 32.1. The van der Waals surface area contributed by atoms with Crippen LogP contribution in [0.1, 0.15) is 0 Å². The van der Waals surface area contributed by atoms with Crippen LogP contribution in [0.15, 0.2) is 243 Å². The van der Waals surface area contributed by atoms with Gasteiger partial charge in [-0.2, -0.15) is 0 Å². The summed E-state index contributed by atoms with van der Waals surface area (Å²) in [6.07, 6.45) is 1.92. The van der Waals surface area contributed by atoms with Crippen molar-refractivity contribution >= 4 is 85.6 Å². The average Bonchev–Trinajstić information content (AvgIpc) is 3.80. The molecular formula is C66H40N2S. The molecule has 0 fully saturated rings. The molecule has 0 atom stereocenters. The molecule has 0 aliphatic carbocycles. The number of aromatic nitrogens is 2. The first kappa shape index (κ1) is 39.4. The lowest BCUT2D eigenvalue weighted by Crippen LogP contribution is -1.92. The maximum atomic E-state index is 5.29. The summed E-state index contributed by atoms with van der Waals surface area (Å²) in [6.45, 7) is 0. The van der Waals surface area contributed by atoms with Crippen LogP contribution >= 0.6 is 11.3 Å². The van der Waals surface area contributed by atoms with Crippen LogP contribution in [0, 0.1) is 0 Å². The number of rotatable bonds is 6. The van der Waals surface area contributed by atoms with Gasteiger partial charge in [-0.1, -0.05) is 188 Å². The fourth-order valence-electron chi connectivity index (χ4n) is 10.5.